The molecule has 24 heavy (non-hydrogen) atoms. The average molecular weight is 392 g/mol. The van der Waals surface area contributed by atoms with Gasteiger partial charge in [-0.2, -0.15) is 0 Å². The molecule has 0 atom stereocenters. The Bertz CT molecular complexity index is 834. The van der Waals surface area contributed by atoms with Crippen LogP contribution in [0.4, 0.5) is 17.1 Å². The molecule has 2 rings (SSSR count). The summed E-state index contributed by atoms with van der Waals surface area (Å²) in [7, 11) is 0. The smallest absolute Gasteiger partial charge is 0.299 e. The number of halogens is 1. The molecular formula is C15H10BrN3O5. The van der Waals surface area contributed by atoms with E-state index in [0.717, 1.165) is 28.2 Å². The minimum absolute atomic E-state index is 0.115. The van der Waals surface area contributed by atoms with Gasteiger partial charge in [0.2, 0.25) is 5.91 Å². The van der Waals surface area contributed by atoms with Crippen molar-refractivity contribution in [2.75, 3.05) is 5.32 Å². The maximum atomic E-state index is 11.9. The van der Waals surface area contributed by atoms with Crippen molar-refractivity contribution >= 4 is 45.0 Å². The highest BCUT2D eigenvalue weighted by molar-refractivity contribution is 9.10. The van der Waals surface area contributed by atoms with E-state index in [0.29, 0.717) is 0 Å². The molecule has 0 spiro atoms. The van der Waals surface area contributed by atoms with Crippen LogP contribution in [0.25, 0.3) is 6.08 Å². The van der Waals surface area contributed by atoms with E-state index in [-0.39, 0.29) is 5.69 Å². The van der Waals surface area contributed by atoms with E-state index in [1.165, 1.54) is 6.08 Å². The summed E-state index contributed by atoms with van der Waals surface area (Å²) >= 11 is 3.29. The lowest BCUT2D eigenvalue weighted by Crippen LogP contribution is -2.09. The average Bonchev–Trinajstić information content (AvgIpc) is 2.54. The zero-order valence-electron chi connectivity index (χ0n) is 12.0. The summed E-state index contributed by atoms with van der Waals surface area (Å²) in [6.07, 6.45) is 2.76. The molecule has 0 saturated carbocycles. The summed E-state index contributed by atoms with van der Waals surface area (Å²) in [5.41, 5.74) is -0.317. The van der Waals surface area contributed by atoms with Crippen LogP contribution >= 0.6 is 15.9 Å². The molecule has 0 heterocycles. The first kappa shape index (κ1) is 17.3. The molecule has 0 saturated heterocycles. The van der Waals surface area contributed by atoms with Crippen molar-refractivity contribution < 1.29 is 14.6 Å². The third-order valence-electron chi connectivity index (χ3n) is 2.94. The monoisotopic (exact) mass is 391 g/mol. The molecule has 0 radical (unpaired) electrons. The third-order valence-corrected chi connectivity index (χ3v) is 3.47. The van der Waals surface area contributed by atoms with Crippen molar-refractivity contribution in [3.63, 3.8) is 0 Å². The largest absolute Gasteiger partial charge is 0.317 e. The van der Waals surface area contributed by atoms with Crippen LogP contribution in [0, 0.1) is 20.2 Å². The standard InChI is InChI=1S/C15H10BrN3O5/c16-11-4-1-10(2-5-11)3-8-15(20)17-13-7-6-12(18(21)22)9-14(13)19(23)24/h1-9H,(H,17,20). The summed E-state index contributed by atoms with van der Waals surface area (Å²) in [6, 6.07) is 10.2. The Morgan fingerprint density at radius 2 is 1.71 bits per heavy atom. The number of carbonyl (C=O) groups is 1. The first-order chi connectivity index (χ1) is 11.4. The Morgan fingerprint density at radius 1 is 1.04 bits per heavy atom. The number of anilines is 1. The molecule has 9 heteroatoms. The van der Waals surface area contributed by atoms with Crippen LogP contribution in [0.15, 0.2) is 53.0 Å². The maximum absolute atomic E-state index is 11.9. The number of amides is 1. The fourth-order valence-corrected chi connectivity index (χ4v) is 2.07. The zero-order chi connectivity index (χ0) is 17.7. The molecule has 0 fully saturated rings. The number of nitrogens with zero attached hydrogens (tertiary/aromatic N) is 2. The van der Waals surface area contributed by atoms with E-state index in [1.807, 2.05) is 0 Å². The molecule has 1 amide bonds. The summed E-state index contributed by atoms with van der Waals surface area (Å²) in [4.78, 5) is 32.0. The number of hydrogen-bond acceptors (Lipinski definition) is 5. The van der Waals surface area contributed by atoms with E-state index < -0.39 is 27.1 Å². The number of carbonyl (C=O) groups excluding carboxylic acids is 1. The Morgan fingerprint density at radius 3 is 2.29 bits per heavy atom. The van der Waals surface area contributed by atoms with Crippen LogP contribution < -0.4 is 5.32 Å². The minimum Gasteiger partial charge on any atom is -0.317 e. The quantitative estimate of drug-likeness (QED) is 0.471. The number of rotatable bonds is 5. The highest BCUT2D eigenvalue weighted by atomic mass is 79.9. The van der Waals surface area contributed by atoms with Crippen LogP contribution in [0.5, 0.6) is 0 Å². The van der Waals surface area contributed by atoms with Crippen LogP contribution in [0.1, 0.15) is 5.56 Å². The summed E-state index contributed by atoms with van der Waals surface area (Å²) < 4.78 is 0.894. The van der Waals surface area contributed by atoms with Gasteiger partial charge >= 0.3 is 0 Å². The van der Waals surface area contributed by atoms with E-state index in [1.54, 1.807) is 30.3 Å². The Labute approximate surface area is 144 Å². The molecule has 0 unspecified atom stereocenters. The van der Waals surface area contributed by atoms with Gasteiger partial charge in [0.1, 0.15) is 5.69 Å². The second-order valence-electron chi connectivity index (χ2n) is 4.59. The van der Waals surface area contributed by atoms with Crippen LogP contribution in [-0.4, -0.2) is 15.8 Å². The van der Waals surface area contributed by atoms with Crippen LogP contribution in [0.2, 0.25) is 0 Å². The van der Waals surface area contributed by atoms with Gasteiger partial charge in [0.15, 0.2) is 0 Å². The van der Waals surface area contributed by atoms with E-state index >= 15 is 0 Å². The van der Waals surface area contributed by atoms with E-state index in [2.05, 4.69) is 21.2 Å². The Balaban J connectivity index is 2.17. The minimum atomic E-state index is -0.791. The fraction of sp³-hybridized carbons (Fsp3) is 0. The van der Waals surface area contributed by atoms with E-state index in [9.17, 15) is 25.0 Å². The van der Waals surface area contributed by atoms with Gasteiger partial charge < -0.3 is 5.32 Å². The van der Waals surface area contributed by atoms with Gasteiger partial charge in [-0.05, 0) is 29.8 Å². The van der Waals surface area contributed by atoms with Gasteiger partial charge in [0.25, 0.3) is 11.4 Å². The van der Waals surface area contributed by atoms with Crippen LogP contribution in [0.3, 0.4) is 0 Å². The normalized spacial score (nSPS) is 10.5. The molecule has 0 aromatic heterocycles. The molecule has 2 aromatic carbocycles. The second kappa shape index (κ2) is 7.47. The van der Waals surface area contributed by atoms with Gasteiger partial charge in [0, 0.05) is 16.6 Å². The van der Waals surface area contributed by atoms with Crippen molar-refractivity contribution in [3.8, 4) is 0 Å². The lowest BCUT2D eigenvalue weighted by Gasteiger charge is -2.03. The molecular weight excluding hydrogens is 382 g/mol. The van der Waals surface area contributed by atoms with Crippen molar-refractivity contribution in [1.82, 2.24) is 0 Å². The predicted octanol–water partition coefficient (Wildman–Crippen LogP) is 3.92. The number of nitro benzene ring substituents is 2. The lowest BCUT2D eigenvalue weighted by atomic mass is 10.2. The Kier molecular flexibility index (Phi) is 5.38. The molecule has 0 aliphatic carbocycles. The summed E-state index contributed by atoms with van der Waals surface area (Å²) in [6.45, 7) is 0. The van der Waals surface area contributed by atoms with Crippen molar-refractivity contribution in [2.24, 2.45) is 0 Å². The maximum Gasteiger partial charge on any atom is 0.299 e. The lowest BCUT2D eigenvalue weighted by molar-refractivity contribution is -0.393. The number of hydrogen-bond donors (Lipinski definition) is 1. The molecule has 0 aliphatic heterocycles. The third kappa shape index (κ3) is 4.46. The van der Waals surface area contributed by atoms with Gasteiger partial charge in [-0.25, -0.2) is 0 Å². The molecule has 0 bridgehead atoms. The molecule has 8 nitrogen and oxygen atoms in total. The number of non-ortho nitro benzene ring substituents is 1. The topological polar surface area (TPSA) is 115 Å². The molecule has 122 valence electrons. The van der Waals surface area contributed by atoms with Gasteiger partial charge in [-0.15, -0.1) is 0 Å². The summed E-state index contributed by atoms with van der Waals surface area (Å²) in [5.74, 6) is -0.588. The first-order valence-corrected chi connectivity index (χ1v) is 7.33. The van der Waals surface area contributed by atoms with Crippen molar-refractivity contribution in [2.45, 2.75) is 0 Å². The molecule has 2 aromatic rings. The number of nitrogens with one attached hydrogen (secondary N) is 1. The highest BCUT2D eigenvalue weighted by Gasteiger charge is 2.20. The Hall–Kier alpha value is -3.07. The van der Waals surface area contributed by atoms with Gasteiger partial charge in [-0.3, -0.25) is 25.0 Å². The van der Waals surface area contributed by atoms with E-state index in [4.69, 9.17) is 0 Å². The van der Waals surface area contributed by atoms with Crippen molar-refractivity contribution in [1.29, 1.82) is 0 Å². The molecule has 1 N–H and O–H groups in total. The van der Waals surface area contributed by atoms with Crippen molar-refractivity contribution in [3.05, 3.63) is 78.8 Å². The fourth-order valence-electron chi connectivity index (χ4n) is 1.81. The zero-order valence-corrected chi connectivity index (χ0v) is 13.6. The number of nitro groups is 2. The second-order valence-corrected chi connectivity index (χ2v) is 5.51. The van der Waals surface area contributed by atoms with Gasteiger partial charge in [0.05, 0.1) is 15.9 Å². The highest BCUT2D eigenvalue weighted by Crippen LogP contribution is 2.28. The first-order valence-electron chi connectivity index (χ1n) is 6.54. The van der Waals surface area contributed by atoms with Crippen LogP contribution in [-0.2, 0) is 4.79 Å². The predicted molar refractivity (Wildman–Crippen MR) is 91.6 cm³/mol. The SMILES string of the molecule is O=C(C=Cc1ccc(Br)cc1)Nc1ccc([N+](=O)[O-])cc1[N+](=O)[O-]. The summed E-state index contributed by atoms with van der Waals surface area (Å²) in [5, 5.41) is 24.0. The van der Waals surface area contributed by atoms with Gasteiger partial charge in [-0.1, -0.05) is 28.1 Å². The molecule has 0 aliphatic rings. The number of benzene rings is 2.